The molecule has 9 nitrogen and oxygen atoms in total. The van der Waals surface area contributed by atoms with Crippen molar-refractivity contribution in [3.63, 3.8) is 0 Å². The van der Waals surface area contributed by atoms with Gasteiger partial charge in [-0.15, -0.1) is 0 Å². The predicted molar refractivity (Wildman–Crippen MR) is 117 cm³/mol. The molecule has 0 aliphatic carbocycles. The van der Waals surface area contributed by atoms with Crippen molar-refractivity contribution in [1.82, 2.24) is 9.55 Å². The van der Waals surface area contributed by atoms with Crippen LogP contribution in [0.2, 0.25) is 0 Å². The van der Waals surface area contributed by atoms with E-state index in [1.165, 1.54) is 26.3 Å². The highest BCUT2D eigenvalue weighted by Gasteiger charge is 2.30. The van der Waals surface area contributed by atoms with Crippen LogP contribution in [-0.2, 0) is 9.53 Å². The highest BCUT2D eigenvalue weighted by Crippen LogP contribution is 2.21. The minimum Gasteiger partial charge on any atom is -0.493 e. The fourth-order valence-electron chi connectivity index (χ4n) is 3.21. The van der Waals surface area contributed by atoms with Crippen molar-refractivity contribution in [2.45, 2.75) is 39.0 Å². The van der Waals surface area contributed by atoms with Crippen LogP contribution in [0.15, 0.2) is 68.8 Å². The molecule has 0 radical (unpaired) electrons. The average Bonchev–Trinajstić information content (AvgIpc) is 2.77. The monoisotopic (exact) mass is 440 g/mol. The third kappa shape index (κ3) is 4.56. The number of hydrogen-bond acceptors (Lipinski definition) is 8. The summed E-state index contributed by atoms with van der Waals surface area (Å²) in [5.41, 5.74) is -0.481. The Hall–Kier alpha value is -3.88. The molecule has 32 heavy (non-hydrogen) atoms. The first-order valence-corrected chi connectivity index (χ1v) is 9.90. The minimum atomic E-state index is -1.28. The third-order valence-corrected chi connectivity index (χ3v) is 4.84. The van der Waals surface area contributed by atoms with Crippen LogP contribution in [0.5, 0.6) is 11.5 Å². The quantitative estimate of drug-likeness (QED) is 0.388. The highest BCUT2D eigenvalue weighted by atomic mass is 16.6. The molecule has 0 fully saturated rings. The lowest BCUT2D eigenvalue weighted by atomic mass is 10.1. The number of carbonyl (C=O) groups excluding carboxylic acids is 1. The van der Waals surface area contributed by atoms with Gasteiger partial charge in [-0.1, -0.05) is 24.8 Å². The first kappa shape index (κ1) is 22.8. The SMILES string of the molecule is C=C(C)[C@H](OC(=O)[C@H](C)n1c(=O)oc2c(OC)ccnc2c1=O)[C@@H](C)Oc1ccccc1. The molecule has 0 N–H and O–H groups in total. The minimum absolute atomic E-state index is 0.0912. The number of ether oxygens (including phenoxy) is 3. The number of hydrogen-bond donors (Lipinski definition) is 0. The molecular weight excluding hydrogens is 416 g/mol. The fourth-order valence-corrected chi connectivity index (χ4v) is 3.21. The standard InChI is InChI=1S/C23H24N2O7/c1-13(2)19(15(4)30-16-9-7-6-8-10-16)31-22(27)14(3)25-21(26)18-20(32-23(25)28)17(29-5)11-12-24-18/h6-12,14-15,19H,1H2,2-5H3/t14-,15+,19-/m0/s1. The van der Waals surface area contributed by atoms with Gasteiger partial charge in [0.1, 0.15) is 17.9 Å². The lowest BCUT2D eigenvalue weighted by molar-refractivity contribution is -0.154. The Morgan fingerprint density at radius 1 is 1.16 bits per heavy atom. The van der Waals surface area contributed by atoms with E-state index in [0.29, 0.717) is 15.9 Å². The van der Waals surface area contributed by atoms with Crippen molar-refractivity contribution in [2.24, 2.45) is 0 Å². The van der Waals surface area contributed by atoms with Crippen LogP contribution in [0.4, 0.5) is 0 Å². The zero-order chi connectivity index (χ0) is 23.4. The lowest BCUT2D eigenvalue weighted by Crippen LogP contribution is -2.41. The molecule has 0 unspecified atom stereocenters. The van der Waals surface area contributed by atoms with E-state index in [0.717, 1.165) is 0 Å². The van der Waals surface area contributed by atoms with E-state index in [1.807, 2.05) is 18.2 Å². The summed E-state index contributed by atoms with van der Waals surface area (Å²) in [4.78, 5) is 42.3. The van der Waals surface area contributed by atoms with Crippen molar-refractivity contribution in [3.8, 4) is 11.5 Å². The maximum Gasteiger partial charge on any atom is 0.423 e. The number of nitrogens with zero attached hydrogens (tertiary/aromatic N) is 2. The topological polar surface area (TPSA) is 110 Å². The number of aromatic nitrogens is 2. The molecule has 3 atom stereocenters. The van der Waals surface area contributed by atoms with E-state index in [9.17, 15) is 14.4 Å². The number of esters is 1. The molecule has 0 bridgehead atoms. The zero-order valence-corrected chi connectivity index (χ0v) is 18.2. The molecule has 0 aliphatic rings. The Labute approximate surface area is 183 Å². The van der Waals surface area contributed by atoms with Gasteiger partial charge in [-0.05, 0) is 38.5 Å². The summed E-state index contributed by atoms with van der Waals surface area (Å²) in [6, 6.07) is 9.22. The molecule has 0 spiro atoms. The number of methoxy groups -OCH3 is 1. The molecular formula is C23H24N2O7. The molecule has 0 aliphatic heterocycles. The number of benzene rings is 1. The fraction of sp³-hybridized carbons (Fsp3) is 0.304. The van der Waals surface area contributed by atoms with Gasteiger partial charge in [0, 0.05) is 12.3 Å². The molecule has 0 saturated carbocycles. The van der Waals surface area contributed by atoms with Crippen molar-refractivity contribution >= 4 is 17.1 Å². The van der Waals surface area contributed by atoms with E-state index in [-0.39, 0.29) is 16.8 Å². The van der Waals surface area contributed by atoms with Crippen molar-refractivity contribution in [3.05, 3.63) is 75.7 Å². The maximum absolute atomic E-state index is 12.9. The number of fused-ring (bicyclic) bond motifs is 1. The third-order valence-electron chi connectivity index (χ3n) is 4.84. The first-order valence-electron chi connectivity index (χ1n) is 9.90. The number of para-hydroxylation sites is 1. The predicted octanol–water partition coefficient (Wildman–Crippen LogP) is 2.87. The van der Waals surface area contributed by atoms with Gasteiger partial charge in [0.2, 0.25) is 5.58 Å². The van der Waals surface area contributed by atoms with Crippen LogP contribution in [-0.4, -0.2) is 34.8 Å². The Bertz CT molecular complexity index is 1250. The molecule has 3 rings (SSSR count). The van der Waals surface area contributed by atoms with Gasteiger partial charge in [0.25, 0.3) is 5.56 Å². The lowest BCUT2D eigenvalue weighted by Gasteiger charge is -2.26. The Morgan fingerprint density at radius 2 is 1.84 bits per heavy atom. The van der Waals surface area contributed by atoms with Crippen LogP contribution >= 0.6 is 0 Å². The van der Waals surface area contributed by atoms with Gasteiger partial charge in [-0.25, -0.2) is 19.1 Å². The van der Waals surface area contributed by atoms with Crippen LogP contribution in [0.1, 0.15) is 26.8 Å². The summed E-state index contributed by atoms with van der Waals surface area (Å²) in [6.07, 6.45) is -0.0384. The van der Waals surface area contributed by atoms with Crippen molar-refractivity contribution in [1.29, 1.82) is 0 Å². The van der Waals surface area contributed by atoms with Crippen LogP contribution in [0.3, 0.4) is 0 Å². The molecule has 1 aromatic carbocycles. The summed E-state index contributed by atoms with van der Waals surface area (Å²) in [5.74, 6) is -1.07. The highest BCUT2D eigenvalue weighted by molar-refractivity contribution is 5.78. The van der Waals surface area contributed by atoms with Gasteiger partial charge < -0.3 is 18.6 Å². The van der Waals surface area contributed by atoms with E-state index >= 15 is 0 Å². The maximum atomic E-state index is 12.9. The van der Waals surface area contributed by atoms with Gasteiger partial charge in [-0.3, -0.25) is 4.79 Å². The van der Waals surface area contributed by atoms with Gasteiger partial charge in [0.05, 0.1) is 7.11 Å². The Kier molecular flexibility index (Phi) is 6.77. The normalized spacial score (nSPS) is 13.8. The van der Waals surface area contributed by atoms with E-state index in [2.05, 4.69) is 11.6 Å². The molecule has 9 heteroatoms. The zero-order valence-electron chi connectivity index (χ0n) is 18.2. The smallest absolute Gasteiger partial charge is 0.423 e. The number of rotatable bonds is 8. The second-order valence-electron chi connectivity index (χ2n) is 7.25. The number of pyridine rings is 1. The molecule has 0 amide bonds. The van der Waals surface area contributed by atoms with Crippen molar-refractivity contribution < 1.29 is 23.4 Å². The summed E-state index contributed by atoms with van der Waals surface area (Å²) in [7, 11) is 1.37. The number of carbonyl (C=O) groups is 1. The molecule has 0 saturated heterocycles. The summed E-state index contributed by atoms with van der Waals surface area (Å²) in [6.45, 7) is 8.66. The first-order chi connectivity index (χ1) is 15.2. The van der Waals surface area contributed by atoms with Crippen LogP contribution < -0.4 is 20.8 Å². The summed E-state index contributed by atoms with van der Waals surface area (Å²) in [5, 5.41) is 0. The second kappa shape index (κ2) is 9.51. The van der Waals surface area contributed by atoms with E-state index in [4.69, 9.17) is 18.6 Å². The largest absolute Gasteiger partial charge is 0.493 e. The van der Waals surface area contributed by atoms with Crippen molar-refractivity contribution in [2.75, 3.05) is 7.11 Å². The van der Waals surface area contributed by atoms with Crippen LogP contribution in [0, 0.1) is 0 Å². The molecule has 2 heterocycles. The summed E-state index contributed by atoms with van der Waals surface area (Å²) < 4.78 is 22.4. The van der Waals surface area contributed by atoms with Gasteiger partial charge in [0.15, 0.2) is 17.4 Å². The Balaban J connectivity index is 1.88. The Morgan fingerprint density at radius 3 is 2.47 bits per heavy atom. The average molecular weight is 440 g/mol. The van der Waals surface area contributed by atoms with Crippen LogP contribution in [0.25, 0.3) is 11.1 Å². The van der Waals surface area contributed by atoms with E-state index < -0.39 is 35.5 Å². The van der Waals surface area contributed by atoms with Gasteiger partial charge in [-0.2, -0.15) is 0 Å². The second-order valence-corrected chi connectivity index (χ2v) is 7.25. The van der Waals surface area contributed by atoms with Gasteiger partial charge >= 0.3 is 11.7 Å². The summed E-state index contributed by atoms with van der Waals surface area (Å²) >= 11 is 0. The molecule has 2 aromatic heterocycles. The molecule has 168 valence electrons. The molecule has 3 aromatic rings. The van der Waals surface area contributed by atoms with E-state index in [1.54, 1.807) is 26.0 Å².